The maximum absolute atomic E-state index is 12.1. The molecule has 1 atom stereocenters. The zero-order valence-corrected chi connectivity index (χ0v) is 15.0. The minimum atomic E-state index is -0.343. The molecule has 3 rings (SSSR count). The number of aryl methyl sites for hydroxylation is 2. The summed E-state index contributed by atoms with van der Waals surface area (Å²) >= 11 is 0. The summed E-state index contributed by atoms with van der Waals surface area (Å²) in [6.45, 7) is 6.74. The molecule has 2 N–H and O–H groups in total. The Labute approximate surface area is 151 Å². The number of nitrogens with zero attached hydrogens (tertiary/aromatic N) is 6. The van der Waals surface area contributed by atoms with Crippen LogP contribution in [-0.4, -0.2) is 48.8 Å². The van der Waals surface area contributed by atoms with E-state index in [1.165, 1.54) is 0 Å². The zero-order valence-electron chi connectivity index (χ0n) is 15.0. The normalized spacial score (nSPS) is 12.0. The third-order valence-corrected chi connectivity index (χ3v) is 3.91. The van der Waals surface area contributed by atoms with Crippen molar-refractivity contribution in [3.63, 3.8) is 0 Å². The minimum Gasteiger partial charge on any atom is -0.367 e. The van der Waals surface area contributed by atoms with Gasteiger partial charge >= 0.3 is 0 Å². The Morgan fingerprint density at radius 3 is 2.69 bits per heavy atom. The first-order chi connectivity index (χ1) is 12.5. The highest BCUT2D eigenvalue weighted by molar-refractivity contribution is 5.79. The molecular weight excluding hydrogens is 332 g/mol. The van der Waals surface area contributed by atoms with Crippen LogP contribution in [-0.2, 0) is 4.79 Å². The van der Waals surface area contributed by atoms with Gasteiger partial charge in [0.05, 0.1) is 5.69 Å². The smallest absolute Gasteiger partial charge is 0.244 e. The summed E-state index contributed by atoms with van der Waals surface area (Å²) in [5.74, 6) is 1.23. The molecule has 3 aromatic rings. The van der Waals surface area contributed by atoms with Crippen LogP contribution in [0.25, 0.3) is 5.82 Å². The van der Waals surface area contributed by atoms with Crippen LogP contribution in [0.5, 0.6) is 0 Å². The van der Waals surface area contributed by atoms with Crippen LogP contribution in [0.4, 0.5) is 5.82 Å². The molecule has 0 spiro atoms. The molecule has 9 heteroatoms. The number of amides is 1. The Morgan fingerprint density at radius 2 is 2.08 bits per heavy atom. The molecule has 0 aliphatic rings. The molecule has 1 amide bonds. The molecule has 0 bridgehead atoms. The van der Waals surface area contributed by atoms with Crippen molar-refractivity contribution in [2.24, 2.45) is 0 Å². The highest BCUT2D eigenvalue weighted by Gasteiger charge is 2.13. The van der Waals surface area contributed by atoms with Crippen molar-refractivity contribution in [3.8, 4) is 5.82 Å². The SMILES string of the molecule is Cc1cc(C)n(-c2ccc(NCCNC(=O)C(C)n3cccn3)nn2)n1. The van der Waals surface area contributed by atoms with E-state index >= 15 is 0 Å². The van der Waals surface area contributed by atoms with Gasteiger partial charge < -0.3 is 10.6 Å². The average molecular weight is 354 g/mol. The largest absolute Gasteiger partial charge is 0.367 e. The zero-order chi connectivity index (χ0) is 18.5. The van der Waals surface area contributed by atoms with E-state index < -0.39 is 0 Å². The fraction of sp³-hybridized carbons (Fsp3) is 0.353. The molecule has 3 aromatic heterocycles. The first-order valence-corrected chi connectivity index (χ1v) is 8.42. The lowest BCUT2D eigenvalue weighted by Gasteiger charge is -2.13. The molecule has 3 heterocycles. The standard InChI is InChI=1S/C17H22N8O/c1-12-11-13(2)25(23-12)16-6-5-15(21-22-16)18-8-9-19-17(26)14(3)24-10-4-7-20-24/h4-7,10-11,14H,8-9H2,1-3H3,(H,18,21)(H,19,26). The van der Waals surface area contributed by atoms with Gasteiger partial charge in [-0.25, -0.2) is 4.68 Å². The number of carbonyl (C=O) groups excluding carboxylic acids is 1. The second kappa shape index (κ2) is 7.77. The van der Waals surface area contributed by atoms with Gasteiger partial charge in [-0.3, -0.25) is 9.48 Å². The fourth-order valence-corrected chi connectivity index (χ4v) is 2.55. The Hall–Kier alpha value is -3.23. The molecule has 136 valence electrons. The van der Waals surface area contributed by atoms with E-state index in [4.69, 9.17) is 0 Å². The monoisotopic (exact) mass is 354 g/mol. The van der Waals surface area contributed by atoms with Gasteiger partial charge in [0.25, 0.3) is 0 Å². The van der Waals surface area contributed by atoms with Crippen molar-refractivity contribution in [1.29, 1.82) is 0 Å². The lowest BCUT2D eigenvalue weighted by molar-refractivity contribution is -0.124. The number of hydrogen-bond acceptors (Lipinski definition) is 6. The van der Waals surface area contributed by atoms with E-state index in [1.807, 2.05) is 32.0 Å². The first kappa shape index (κ1) is 17.6. The van der Waals surface area contributed by atoms with Crippen LogP contribution in [0, 0.1) is 13.8 Å². The molecular formula is C17H22N8O. The number of carbonyl (C=O) groups is 1. The molecule has 0 fully saturated rings. The third kappa shape index (κ3) is 4.05. The van der Waals surface area contributed by atoms with E-state index in [0.29, 0.717) is 24.7 Å². The van der Waals surface area contributed by atoms with Gasteiger partial charge in [-0.1, -0.05) is 0 Å². The van der Waals surface area contributed by atoms with Crippen LogP contribution in [0.1, 0.15) is 24.4 Å². The average Bonchev–Trinajstić information content (AvgIpc) is 3.28. The van der Waals surface area contributed by atoms with Gasteiger partial charge in [-0.2, -0.15) is 10.2 Å². The summed E-state index contributed by atoms with van der Waals surface area (Å²) in [6, 6.07) is 7.13. The predicted molar refractivity (Wildman–Crippen MR) is 97.1 cm³/mol. The maximum Gasteiger partial charge on any atom is 0.244 e. The highest BCUT2D eigenvalue weighted by Crippen LogP contribution is 2.10. The second-order valence-corrected chi connectivity index (χ2v) is 6.00. The number of anilines is 1. The van der Waals surface area contributed by atoms with Crippen LogP contribution in [0.3, 0.4) is 0 Å². The van der Waals surface area contributed by atoms with Crippen molar-refractivity contribution in [2.75, 3.05) is 18.4 Å². The van der Waals surface area contributed by atoms with E-state index in [9.17, 15) is 4.79 Å². The molecule has 0 saturated heterocycles. The van der Waals surface area contributed by atoms with E-state index in [-0.39, 0.29) is 11.9 Å². The molecule has 0 aliphatic carbocycles. The van der Waals surface area contributed by atoms with Crippen molar-refractivity contribution >= 4 is 11.7 Å². The molecule has 9 nitrogen and oxygen atoms in total. The van der Waals surface area contributed by atoms with E-state index in [2.05, 4.69) is 31.0 Å². The van der Waals surface area contributed by atoms with E-state index in [1.54, 1.807) is 34.7 Å². The third-order valence-electron chi connectivity index (χ3n) is 3.91. The second-order valence-electron chi connectivity index (χ2n) is 6.00. The highest BCUT2D eigenvalue weighted by atomic mass is 16.2. The minimum absolute atomic E-state index is 0.0820. The molecule has 1 unspecified atom stereocenters. The summed E-state index contributed by atoms with van der Waals surface area (Å²) in [6.07, 6.45) is 3.42. The molecule has 0 saturated carbocycles. The molecule has 0 aromatic carbocycles. The molecule has 0 aliphatic heterocycles. The van der Waals surface area contributed by atoms with Crippen LogP contribution in [0.2, 0.25) is 0 Å². The van der Waals surface area contributed by atoms with E-state index in [0.717, 1.165) is 11.4 Å². The maximum atomic E-state index is 12.1. The molecule has 26 heavy (non-hydrogen) atoms. The summed E-state index contributed by atoms with van der Waals surface area (Å²) in [7, 11) is 0. The summed E-state index contributed by atoms with van der Waals surface area (Å²) in [5, 5.41) is 22.8. The van der Waals surface area contributed by atoms with Gasteiger partial charge in [-0.05, 0) is 45.0 Å². The quantitative estimate of drug-likeness (QED) is 0.619. The van der Waals surface area contributed by atoms with Crippen LogP contribution >= 0.6 is 0 Å². The Kier molecular flexibility index (Phi) is 5.26. The fourth-order valence-electron chi connectivity index (χ4n) is 2.55. The van der Waals surface area contributed by atoms with Gasteiger partial charge in [-0.15, -0.1) is 10.2 Å². The van der Waals surface area contributed by atoms with Crippen molar-refractivity contribution in [3.05, 3.63) is 48.0 Å². The lowest BCUT2D eigenvalue weighted by Crippen LogP contribution is -2.34. The number of hydrogen-bond donors (Lipinski definition) is 2. The van der Waals surface area contributed by atoms with Crippen LogP contribution in [0.15, 0.2) is 36.7 Å². The Bertz CT molecular complexity index is 854. The van der Waals surface area contributed by atoms with Crippen molar-refractivity contribution < 1.29 is 4.79 Å². The summed E-state index contributed by atoms with van der Waals surface area (Å²) in [5.41, 5.74) is 1.94. The summed E-state index contributed by atoms with van der Waals surface area (Å²) in [4.78, 5) is 12.1. The van der Waals surface area contributed by atoms with Gasteiger partial charge in [0.15, 0.2) is 5.82 Å². The predicted octanol–water partition coefficient (Wildman–Crippen LogP) is 1.26. The van der Waals surface area contributed by atoms with Crippen molar-refractivity contribution in [2.45, 2.75) is 26.8 Å². The van der Waals surface area contributed by atoms with Gasteiger partial charge in [0, 0.05) is 31.2 Å². The number of nitrogens with one attached hydrogen (secondary N) is 2. The topological polar surface area (TPSA) is 103 Å². The molecule has 0 radical (unpaired) electrons. The van der Waals surface area contributed by atoms with Crippen molar-refractivity contribution in [1.82, 2.24) is 35.1 Å². The Morgan fingerprint density at radius 1 is 1.23 bits per heavy atom. The van der Waals surface area contributed by atoms with Gasteiger partial charge in [0.1, 0.15) is 11.9 Å². The first-order valence-electron chi connectivity index (χ1n) is 8.42. The van der Waals surface area contributed by atoms with Crippen LogP contribution < -0.4 is 10.6 Å². The van der Waals surface area contributed by atoms with Gasteiger partial charge in [0.2, 0.25) is 5.91 Å². The lowest BCUT2D eigenvalue weighted by atomic mass is 10.3. The Balaban J connectivity index is 1.47. The number of aromatic nitrogens is 6. The number of rotatable bonds is 7. The summed E-state index contributed by atoms with van der Waals surface area (Å²) < 4.78 is 3.37.